The van der Waals surface area contributed by atoms with Crippen molar-refractivity contribution in [2.24, 2.45) is 5.73 Å². The molecule has 2 heterocycles. The van der Waals surface area contributed by atoms with Crippen LogP contribution in [-0.4, -0.2) is 39.5 Å². The lowest BCUT2D eigenvalue weighted by Gasteiger charge is -2.30. The number of carboxylic acids is 1. The number of aromatic carboxylic acids is 1. The van der Waals surface area contributed by atoms with Gasteiger partial charge in [0.15, 0.2) is 5.69 Å². The van der Waals surface area contributed by atoms with Crippen LogP contribution in [0.4, 0.5) is 22.0 Å². The van der Waals surface area contributed by atoms with Crippen LogP contribution in [0.2, 0.25) is 0 Å². The minimum absolute atomic E-state index is 0.0157. The third-order valence-electron chi connectivity index (χ3n) is 4.96. The van der Waals surface area contributed by atoms with Crippen LogP contribution in [-0.2, 0) is 30.4 Å². The summed E-state index contributed by atoms with van der Waals surface area (Å²) < 4.78 is 66.6. The molecule has 166 valence electrons. The van der Waals surface area contributed by atoms with Crippen molar-refractivity contribution in [3.05, 3.63) is 64.0 Å². The summed E-state index contributed by atoms with van der Waals surface area (Å²) in [6.45, 7) is -0.100. The highest BCUT2D eigenvalue weighted by atomic mass is 19.4. The van der Waals surface area contributed by atoms with Gasteiger partial charge in [0.05, 0.1) is 17.8 Å². The Labute approximate surface area is 173 Å². The highest BCUT2D eigenvalue weighted by Crippen LogP contribution is 2.33. The van der Waals surface area contributed by atoms with Gasteiger partial charge in [-0.25, -0.2) is 18.6 Å². The standard InChI is InChI=1S/C20H18F5N3O3/c21-12-1-2-15(22)11(5-12)6-13(26)8-17(29)28-4-3-10-7-14(19(30)31)18(20(23,24)25)27-16(10)9-28/h1-2,5,7,13H,3-4,6,8-9,26H2,(H,30,31)/t13-/m1/s1. The molecule has 0 bridgehead atoms. The molecule has 1 amide bonds. The fraction of sp³-hybridized carbons (Fsp3) is 0.350. The van der Waals surface area contributed by atoms with Crippen LogP contribution in [0.15, 0.2) is 24.3 Å². The van der Waals surface area contributed by atoms with Crippen molar-refractivity contribution in [1.29, 1.82) is 0 Å². The molecule has 31 heavy (non-hydrogen) atoms. The van der Waals surface area contributed by atoms with Gasteiger partial charge in [0, 0.05) is 19.0 Å². The van der Waals surface area contributed by atoms with Crippen molar-refractivity contribution in [3.8, 4) is 0 Å². The maximum atomic E-state index is 13.8. The van der Waals surface area contributed by atoms with Crippen LogP contribution in [0, 0.1) is 11.6 Å². The summed E-state index contributed by atoms with van der Waals surface area (Å²) in [4.78, 5) is 28.5. The molecule has 0 spiro atoms. The number of pyridine rings is 1. The van der Waals surface area contributed by atoms with Gasteiger partial charge in [-0.05, 0) is 48.2 Å². The van der Waals surface area contributed by atoms with E-state index in [1.165, 1.54) is 4.90 Å². The third-order valence-corrected chi connectivity index (χ3v) is 4.96. The fourth-order valence-corrected chi connectivity index (χ4v) is 3.46. The van der Waals surface area contributed by atoms with E-state index in [9.17, 15) is 31.5 Å². The lowest BCUT2D eigenvalue weighted by Crippen LogP contribution is -2.40. The molecule has 0 saturated carbocycles. The highest BCUT2D eigenvalue weighted by Gasteiger charge is 2.39. The van der Waals surface area contributed by atoms with Gasteiger partial charge in [-0.1, -0.05) is 0 Å². The van der Waals surface area contributed by atoms with Crippen molar-refractivity contribution in [2.75, 3.05) is 6.54 Å². The number of aromatic nitrogens is 1. The number of benzene rings is 1. The van der Waals surface area contributed by atoms with Gasteiger partial charge < -0.3 is 15.7 Å². The second kappa shape index (κ2) is 8.58. The summed E-state index contributed by atoms with van der Waals surface area (Å²) in [5.74, 6) is -3.52. The molecule has 11 heteroatoms. The lowest BCUT2D eigenvalue weighted by atomic mass is 9.99. The minimum Gasteiger partial charge on any atom is -0.478 e. The van der Waals surface area contributed by atoms with E-state index in [0.717, 1.165) is 24.3 Å². The molecule has 1 aliphatic heterocycles. The van der Waals surface area contributed by atoms with Crippen LogP contribution in [0.3, 0.4) is 0 Å². The zero-order valence-electron chi connectivity index (χ0n) is 16.0. The molecular formula is C20H18F5N3O3. The Hall–Kier alpha value is -3.08. The number of carbonyl (C=O) groups excluding carboxylic acids is 1. The van der Waals surface area contributed by atoms with Crippen LogP contribution >= 0.6 is 0 Å². The molecule has 1 aliphatic rings. The van der Waals surface area contributed by atoms with Crippen molar-refractivity contribution >= 4 is 11.9 Å². The van der Waals surface area contributed by atoms with Crippen molar-refractivity contribution in [3.63, 3.8) is 0 Å². The number of alkyl halides is 3. The number of nitrogens with two attached hydrogens (primary N) is 1. The number of halogens is 5. The Morgan fingerprint density at radius 1 is 1.23 bits per heavy atom. The average Bonchev–Trinajstić information content (AvgIpc) is 2.68. The van der Waals surface area contributed by atoms with Crippen LogP contribution in [0.5, 0.6) is 0 Å². The van der Waals surface area contributed by atoms with Crippen LogP contribution < -0.4 is 5.73 Å². The van der Waals surface area contributed by atoms with E-state index in [2.05, 4.69) is 4.98 Å². The second-order valence-corrected chi connectivity index (χ2v) is 7.26. The van der Waals surface area contributed by atoms with Crippen molar-refractivity contribution in [1.82, 2.24) is 9.88 Å². The number of nitrogens with zero attached hydrogens (tertiary/aromatic N) is 2. The predicted octanol–water partition coefficient (Wildman–Crippen LogP) is 2.92. The van der Waals surface area contributed by atoms with E-state index >= 15 is 0 Å². The van der Waals surface area contributed by atoms with E-state index in [1.54, 1.807) is 0 Å². The smallest absolute Gasteiger partial charge is 0.434 e. The summed E-state index contributed by atoms with van der Waals surface area (Å²) >= 11 is 0. The Balaban J connectivity index is 1.73. The molecule has 3 N–H and O–H groups in total. The SMILES string of the molecule is N[C@@H](CC(=O)N1CCc2cc(C(=O)O)c(C(F)(F)F)nc2C1)Cc1cc(F)ccc1F. The Morgan fingerprint density at radius 2 is 1.94 bits per heavy atom. The summed E-state index contributed by atoms with van der Waals surface area (Å²) in [6.07, 6.45) is -5.17. The molecule has 0 fully saturated rings. The molecule has 0 saturated heterocycles. The van der Waals surface area contributed by atoms with Gasteiger partial charge in [-0.2, -0.15) is 13.2 Å². The fourth-order valence-electron chi connectivity index (χ4n) is 3.46. The number of fused-ring (bicyclic) bond motifs is 1. The zero-order chi connectivity index (χ0) is 22.9. The summed E-state index contributed by atoms with van der Waals surface area (Å²) in [5, 5.41) is 9.06. The molecule has 1 aromatic carbocycles. The summed E-state index contributed by atoms with van der Waals surface area (Å²) in [7, 11) is 0. The molecule has 1 atom stereocenters. The van der Waals surface area contributed by atoms with E-state index in [1.807, 2.05) is 0 Å². The van der Waals surface area contributed by atoms with Gasteiger partial charge in [-0.3, -0.25) is 4.79 Å². The van der Waals surface area contributed by atoms with Crippen molar-refractivity contribution < 1.29 is 36.6 Å². The third kappa shape index (κ3) is 5.16. The van der Waals surface area contributed by atoms with Gasteiger partial charge in [-0.15, -0.1) is 0 Å². The second-order valence-electron chi connectivity index (χ2n) is 7.26. The Bertz CT molecular complexity index is 1030. The maximum absolute atomic E-state index is 13.8. The summed E-state index contributed by atoms with van der Waals surface area (Å²) in [6, 6.07) is 3.00. The monoisotopic (exact) mass is 443 g/mol. The van der Waals surface area contributed by atoms with E-state index in [0.29, 0.717) is 5.56 Å². The summed E-state index contributed by atoms with van der Waals surface area (Å²) in [5.41, 5.74) is 3.73. The molecule has 0 unspecified atom stereocenters. The molecule has 0 radical (unpaired) electrons. The Morgan fingerprint density at radius 3 is 2.58 bits per heavy atom. The van der Waals surface area contributed by atoms with Crippen molar-refractivity contribution in [2.45, 2.75) is 38.0 Å². The number of hydrogen-bond acceptors (Lipinski definition) is 4. The highest BCUT2D eigenvalue weighted by molar-refractivity contribution is 5.89. The number of amides is 1. The van der Waals surface area contributed by atoms with Gasteiger partial charge in [0.25, 0.3) is 0 Å². The van der Waals surface area contributed by atoms with Crippen LogP contribution in [0.25, 0.3) is 0 Å². The first-order chi connectivity index (χ1) is 14.5. The maximum Gasteiger partial charge on any atom is 0.434 e. The first-order valence-corrected chi connectivity index (χ1v) is 9.26. The quantitative estimate of drug-likeness (QED) is 0.693. The van der Waals surface area contributed by atoms with Gasteiger partial charge in [0.1, 0.15) is 11.6 Å². The van der Waals surface area contributed by atoms with E-state index in [-0.39, 0.29) is 43.6 Å². The molecular weight excluding hydrogens is 425 g/mol. The van der Waals surface area contributed by atoms with E-state index in [4.69, 9.17) is 10.8 Å². The first-order valence-electron chi connectivity index (χ1n) is 9.26. The first kappa shape index (κ1) is 22.6. The largest absolute Gasteiger partial charge is 0.478 e. The molecule has 0 aliphatic carbocycles. The molecule has 6 nitrogen and oxygen atoms in total. The number of carbonyl (C=O) groups is 2. The lowest BCUT2D eigenvalue weighted by molar-refractivity contribution is -0.141. The number of rotatable bonds is 5. The topological polar surface area (TPSA) is 96.5 Å². The average molecular weight is 443 g/mol. The van der Waals surface area contributed by atoms with Crippen LogP contribution in [0.1, 0.15) is 39.3 Å². The zero-order valence-corrected chi connectivity index (χ0v) is 16.0. The normalized spacial score (nSPS) is 14.8. The number of carboxylic acid groups (broad SMARTS) is 1. The minimum atomic E-state index is -4.97. The van der Waals surface area contributed by atoms with Gasteiger partial charge in [0.2, 0.25) is 5.91 Å². The molecule has 2 aromatic rings. The van der Waals surface area contributed by atoms with Gasteiger partial charge >= 0.3 is 12.1 Å². The number of hydrogen-bond donors (Lipinski definition) is 2. The predicted molar refractivity (Wildman–Crippen MR) is 98.0 cm³/mol. The molecule has 3 rings (SSSR count). The Kier molecular flexibility index (Phi) is 6.25. The molecule has 1 aromatic heterocycles. The van der Waals surface area contributed by atoms with E-state index < -0.39 is 47.0 Å².